The number of ether oxygens (including phenoxy) is 1. The number of aromatic nitrogens is 3. The molecule has 25 heavy (non-hydrogen) atoms. The molecule has 5 rings (SSSR count). The largest absolute Gasteiger partial charge is 0.472 e. The number of nitrogens with zero attached hydrogens (tertiary/aromatic N) is 4. The molecule has 0 N–H and O–H groups in total. The Morgan fingerprint density at radius 1 is 1.16 bits per heavy atom. The Hall–Kier alpha value is -1.66. The molecule has 3 aliphatic rings. The first-order chi connectivity index (χ1) is 12.4. The van der Waals surface area contributed by atoms with Gasteiger partial charge in [0.25, 0.3) is 0 Å². The summed E-state index contributed by atoms with van der Waals surface area (Å²) in [5.74, 6) is 1.61. The third-order valence-electron chi connectivity index (χ3n) is 5.68. The van der Waals surface area contributed by atoms with Crippen molar-refractivity contribution in [2.24, 2.45) is 11.8 Å². The van der Waals surface area contributed by atoms with Crippen molar-refractivity contribution in [1.82, 2.24) is 19.9 Å². The third kappa shape index (κ3) is 3.51. The van der Waals surface area contributed by atoms with Crippen molar-refractivity contribution >= 4 is 0 Å². The van der Waals surface area contributed by atoms with E-state index in [1.807, 2.05) is 12.3 Å². The smallest absolute Gasteiger partial charge is 0.105 e. The zero-order valence-corrected chi connectivity index (χ0v) is 14.6. The Morgan fingerprint density at radius 2 is 2.04 bits per heavy atom. The molecule has 0 amide bonds. The molecule has 0 radical (unpaired) electrons. The van der Waals surface area contributed by atoms with Crippen LogP contribution in [0.15, 0.2) is 23.0 Å². The monoisotopic (exact) mass is 342 g/mol. The molecule has 6 heteroatoms. The van der Waals surface area contributed by atoms with E-state index in [9.17, 15) is 0 Å². The first kappa shape index (κ1) is 15.6. The molecule has 2 fully saturated rings. The molecule has 2 saturated carbocycles. The Kier molecular flexibility index (Phi) is 4.10. The van der Waals surface area contributed by atoms with E-state index in [1.54, 1.807) is 6.26 Å². The number of furan rings is 1. The van der Waals surface area contributed by atoms with E-state index in [2.05, 4.69) is 19.9 Å². The second kappa shape index (κ2) is 6.57. The van der Waals surface area contributed by atoms with Crippen molar-refractivity contribution in [2.75, 3.05) is 19.8 Å². The number of hydrogen-bond acceptors (Lipinski definition) is 5. The van der Waals surface area contributed by atoms with Gasteiger partial charge >= 0.3 is 0 Å². The molecule has 2 aliphatic carbocycles. The second-order valence-electron chi connectivity index (χ2n) is 7.90. The van der Waals surface area contributed by atoms with Gasteiger partial charge in [-0.05, 0) is 43.6 Å². The van der Waals surface area contributed by atoms with E-state index < -0.39 is 0 Å². The van der Waals surface area contributed by atoms with Crippen LogP contribution in [0.3, 0.4) is 0 Å². The fourth-order valence-corrected chi connectivity index (χ4v) is 3.75. The summed E-state index contributed by atoms with van der Waals surface area (Å²) in [6, 6.07) is 2.24. The van der Waals surface area contributed by atoms with Gasteiger partial charge in [0.2, 0.25) is 0 Å². The molecule has 0 saturated heterocycles. The van der Waals surface area contributed by atoms with E-state index in [-0.39, 0.29) is 6.04 Å². The molecule has 0 spiro atoms. The summed E-state index contributed by atoms with van der Waals surface area (Å²) in [6.07, 6.45) is 9.94. The van der Waals surface area contributed by atoms with Crippen molar-refractivity contribution in [3.8, 4) is 0 Å². The standard InChI is InChI=1S/C19H26N4O2/c1-2-14(1)10-23-17-5-7-22(9-16-6-8-24-12-16)18(19(17)20-21-23)13-25-11-15-3-4-15/h6,8,12,14-15,18H,1-5,7,9-11,13H2/t18-/m0/s1. The van der Waals surface area contributed by atoms with Gasteiger partial charge in [-0.25, -0.2) is 4.68 Å². The van der Waals surface area contributed by atoms with Crippen LogP contribution in [0.2, 0.25) is 0 Å². The number of fused-ring (bicyclic) bond motifs is 1. The van der Waals surface area contributed by atoms with E-state index in [0.29, 0.717) is 6.61 Å². The van der Waals surface area contributed by atoms with Crippen molar-refractivity contribution in [3.63, 3.8) is 0 Å². The van der Waals surface area contributed by atoms with Crippen LogP contribution >= 0.6 is 0 Å². The molecule has 1 atom stereocenters. The van der Waals surface area contributed by atoms with Crippen LogP contribution < -0.4 is 0 Å². The van der Waals surface area contributed by atoms with Crippen LogP contribution in [0.4, 0.5) is 0 Å². The Morgan fingerprint density at radius 3 is 2.80 bits per heavy atom. The first-order valence-electron chi connectivity index (χ1n) is 9.62. The third-order valence-corrected chi connectivity index (χ3v) is 5.68. The molecule has 3 heterocycles. The minimum absolute atomic E-state index is 0.199. The first-order valence-corrected chi connectivity index (χ1v) is 9.62. The molecule has 0 bridgehead atoms. The highest BCUT2D eigenvalue weighted by Gasteiger charge is 2.34. The zero-order valence-electron chi connectivity index (χ0n) is 14.6. The minimum atomic E-state index is 0.199. The molecule has 134 valence electrons. The topological polar surface area (TPSA) is 56.3 Å². The summed E-state index contributed by atoms with van der Waals surface area (Å²) < 4.78 is 13.5. The highest BCUT2D eigenvalue weighted by molar-refractivity contribution is 5.20. The predicted octanol–water partition coefficient (Wildman–Crippen LogP) is 2.81. The highest BCUT2D eigenvalue weighted by atomic mass is 16.5. The highest BCUT2D eigenvalue weighted by Crippen LogP contribution is 2.35. The molecule has 1 aliphatic heterocycles. The lowest BCUT2D eigenvalue weighted by Crippen LogP contribution is -2.38. The van der Waals surface area contributed by atoms with Crippen LogP contribution in [0, 0.1) is 11.8 Å². The lowest BCUT2D eigenvalue weighted by molar-refractivity contribution is 0.0423. The summed E-state index contributed by atoms with van der Waals surface area (Å²) in [7, 11) is 0. The molecular weight excluding hydrogens is 316 g/mol. The molecule has 0 aromatic carbocycles. The summed E-state index contributed by atoms with van der Waals surface area (Å²) >= 11 is 0. The number of hydrogen-bond donors (Lipinski definition) is 0. The average molecular weight is 342 g/mol. The van der Waals surface area contributed by atoms with Gasteiger partial charge in [0, 0.05) is 38.2 Å². The fraction of sp³-hybridized carbons (Fsp3) is 0.684. The quantitative estimate of drug-likeness (QED) is 0.738. The van der Waals surface area contributed by atoms with Crippen LogP contribution in [-0.4, -0.2) is 39.7 Å². The lowest BCUT2D eigenvalue weighted by Gasteiger charge is -2.34. The van der Waals surface area contributed by atoms with Gasteiger partial charge in [0.1, 0.15) is 5.69 Å². The zero-order chi connectivity index (χ0) is 16.6. The lowest BCUT2D eigenvalue weighted by atomic mass is 10.0. The average Bonchev–Trinajstić information content (AvgIpc) is 3.52. The van der Waals surface area contributed by atoms with E-state index >= 15 is 0 Å². The normalized spacial score (nSPS) is 23.8. The maximum atomic E-state index is 6.06. The molecular formula is C19H26N4O2. The van der Waals surface area contributed by atoms with Crippen LogP contribution in [0.25, 0.3) is 0 Å². The maximum Gasteiger partial charge on any atom is 0.105 e. The maximum absolute atomic E-state index is 6.06. The van der Waals surface area contributed by atoms with Gasteiger partial charge < -0.3 is 9.15 Å². The SMILES string of the molecule is c1cc(CN2CCc3c(nnn3CC3CC3)[C@@H]2COCC2CC2)co1. The van der Waals surface area contributed by atoms with E-state index in [1.165, 1.54) is 36.9 Å². The van der Waals surface area contributed by atoms with Crippen molar-refractivity contribution in [3.05, 3.63) is 35.5 Å². The number of rotatable bonds is 8. The summed E-state index contributed by atoms with van der Waals surface area (Å²) in [5, 5.41) is 9.06. The van der Waals surface area contributed by atoms with Gasteiger partial charge in [-0.15, -0.1) is 5.10 Å². The van der Waals surface area contributed by atoms with Crippen molar-refractivity contribution in [1.29, 1.82) is 0 Å². The molecule has 2 aromatic rings. The van der Waals surface area contributed by atoms with E-state index in [0.717, 1.165) is 50.2 Å². The predicted molar refractivity (Wildman–Crippen MR) is 91.9 cm³/mol. The van der Waals surface area contributed by atoms with Gasteiger partial charge in [0.15, 0.2) is 0 Å². The van der Waals surface area contributed by atoms with Gasteiger partial charge in [0.05, 0.1) is 30.9 Å². The second-order valence-corrected chi connectivity index (χ2v) is 7.90. The minimum Gasteiger partial charge on any atom is -0.472 e. The van der Waals surface area contributed by atoms with Crippen LogP contribution in [0.1, 0.15) is 48.7 Å². The Bertz CT molecular complexity index is 703. The Balaban J connectivity index is 1.34. The van der Waals surface area contributed by atoms with Gasteiger partial charge in [-0.3, -0.25) is 4.90 Å². The van der Waals surface area contributed by atoms with Gasteiger partial charge in [-0.1, -0.05) is 5.21 Å². The van der Waals surface area contributed by atoms with Crippen molar-refractivity contribution in [2.45, 2.75) is 51.2 Å². The van der Waals surface area contributed by atoms with Crippen LogP contribution in [-0.2, 0) is 24.2 Å². The Labute approximate surface area is 148 Å². The van der Waals surface area contributed by atoms with Crippen molar-refractivity contribution < 1.29 is 9.15 Å². The molecule has 0 unspecified atom stereocenters. The van der Waals surface area contributed by atoms with Crippen LogP contribution in [0.5, 0.6) is 0 Å². The molecule has 2 aromatic heterocycles. The molecule has 6 nitrogen and oxygen atoms in total. The summed E-state index contributed by atoms with van der Waals surface area (Å²) in [5.41, 5.74) is 3.67. The fourth-order valence-electron chi connectivity index (χ4n) is 3.75. The van der Waals surface area contributed by atoms with E-state index in [4.69, 9.17) is 9.15 Å². The summed E-state index contributed by atoms with van der Waals surface area (Å²) in [4.78, 5) is 2.47. The van der Waals surface area contributed by atoms with Gasteiger partial charge in [-0.2, -0.15) is 0 Å². The summed E-state index contributed by atoms with van der Waals surface area (Å²) in [6.45, 7) is 4.54.